The molecule has 0 saturated heterocycles. The summed E-state index contributed by atoms with van der Waals surface area (Å²) in [5.74, 6) is -1.71. The van der Waals surface area contributed by atoms with E-state index in [1.807, 2.05) is 0 Å². The predicted molar refractivity (Wildman–Crippen MR) is 39.6 cm³/mol. The van der Waals surface area contributed by atoms with E-state index in [-0.39, 0.29) is 6.42 Å². The highest BCUT2D eigenvalue weighted by Crippen LogP contribution is 2.20. The molecule has 0 rings (SSSR count). The van der Waals surface area contributed by atoms with Crippen molar-refractivity contribution in [3.63, 3.8) is 0 Å². The Morgan fingerprint density at radius 2 is 1.75 bits per heavy atom. The second kappa shape index (κ2) is 3.64. The van der Waals surface area contributed by atoms with E-state index in [0.717, 1.165) is 0 Å². The van der Waals surface area contributed by atoms with Gasteiger partial charge in [-0.25, -0.2) is 8.42 Å². The summed E-state index contributed by atoms with van der Waals surface area (Å²) in [5, 5.41) is -0.917. The summed E-state index contributed by atoms with van der Waals surface area (Å²) in [4.78, 5) is 0. The molecular weight excluding hydrogens is 193 g/mol. The molecule has 0 aromatic rings. The summed E-state index contributed by atoms with van der Waals surface area (Å²) < 4.78 is 56.7. The Morgan fingerprint density at radius 1 is 1.33 bits per heavy atom. The second-order valence-electron chi connectivity index (χ2n) is 2.64. The van der Waals surface area contributed by atoms with E-state index in [9.17, 15) is 21.6 Å². The van der Waals surface area contributed by atoms with Gasteiger partial charge in [-0.2, -0.15) is 13.2 Å². The second-order valence-corrected chi connectivity index (χ2v) is 5.06. The van der Waals surface area contributed by atoms with Crippen molar-refractivity contribution >= 4 is 9.84 Å². The molecule has 74 valence electrons. The van der Waals surface area contributed by atoms with E-state index in [0.29, 0.717) is 0 Å². The van der Waals surface area contributed by atoms with Crippen LogP contribution in [0, 0.1) is 0 Å². The Balaban J connectivity index is 4.45. The molecule has 0 aliphatic carbocycles. The fourth-order valence-corrected chi connectivity index (χ4v) is 1.87. The molecule has 0 radical (unpaired) electrons. The Kier molecular flexibility index (Phi) is 3.56. The van der Waals surface area contributed by atoms with Gasteiger partial charge < -0.3 is 0 Å². The molecule has 0 fully saturated rings. The first-order chi connectivity index (χ1) is 5.19. The van der Waals surface area contributed by atoms with Gasteiger partial charge in [-0.3, -0.25) is 0 Å². The number of sulfone groups is 1. The maximum atomic E-state index is 11.7. The first-order valence-electron chi connectivity index (χ1n) is 3.47. The topological polar surface area (TPSA) is 34.1 Å². The molecule has 0 amide bonds. The van der Waals surface area contributed by atoms with Crippen molar-refractivity contribution in [2.24, 2.45) is 0 Å². The number of hydrogen-bond acceptors (Lipinski definition) is 2. The molecule has 0 saturated carbocycles. The van der Waals surface area contributed by atoms with Crippen molar-refractivity contribution in [1.82, 2.24) is 0 Å². The number of alkyl halides is 3. The summed E-state index contributed by atoms with van der Waals surface area (Å²) >= 11 is 0. The summed E-state index contributed by atoms with van der Waals surface area (Å²) in [6.45, 7) is 2.82. The van der Waals surface area contributed by atoms with E-state index < -0.39 is 27.0 Å². The Labute approximate surface area is 69.7 Å². The van der Waals surface area contributed by atoms with Crippen LogP contribution in [0.2, 0.25) is 0 Å². The summed E-state index contributed by atoms with van der Waals surface area (Å²) in [6, 6.07) is 0. The van der Waals surface area contributed by atoms with Crippen LogP contribution >= 0.6 is 0 Å². The molecule has 0 aromatic heterocycles. The summed E-state index contributed by atoms with van der Waals surface area (Å²) in [7, 11) is -3.99. The van der Waals surface area contributed by atoms with Gasteiger partial charge in [0.15, 0.2) is 9.84 Å². The average Bonchev–Trinajstić information content (AvgIpc) is 1.80. The lowest BCUT2D eigenvalue weighted by molar-refractivity contribution is -0.106. The highest BCUT2D eigenvalue weighted by Gasteiger charge is 2.37. The van der Waals surface area contributed by atoms with Crippen LogP contribution in [-0.4, -0.2) is 25.6 Å². The van der Waals surface area contributed by atoms with Crippen LogP contribution < -0.4 is 0 Å². The van der Waals surface area contributed by atoms with Gasteiger partial charge in [-0.15, -0.1) is 0 Å². The summed E-state index contributed by atoms with van der Waals surface area (Å²) in [6.07, 6.45) is -4.42. The number of rotatable bonds is 3. The Hall–Kier alpha value is -0.260. The third-order valence-corrected chi connectivity index (χ3v) is 3.84. The third kappa shape index (κ3) is 3.94. The highest BCUT2D eigenvalue weighted by molar-refractivity contribution is 7.92. The quantitative estimate of drug-likeness (QED) is 0.702. The SMILES string of the molecule is CCC(C)S(=O)(=O)CC(F)(F)F. The van der Waals surface area contributed by atoms with Crippen LogP contribution in [-0.2, 0) is 9.84 Å². The van der Waals surface area contributed by atoms with Crippen LogP contribution in [0.25, 0.3) is 0 Å². The van der Waals surface area contributed by atoms with Crippen LogP contribution in [0.15, 0.2) is 0 Å². The highest BCUT2D eigenvalue weighted by atomic mass is 32.2. The van der Waals surface area contributed by atoms with E-state index in [1.165, 1.54) is 6.92 Å². The lowest BCUT2D eigenvalue weighted by atomic mass is 10.4. The lowest BCUT2D eigenvalue weighted by Gasteiger charge is -2.11. The van der Waals surface area contributed by atoms with Gasteiger partial charge >= 0.3 is 6.18 Å². The average molecular weight is 204 g/mol. The van der Waals surface area contributed by atoms with Crippen LogP contribution in [0.1, 0.15) is 20.3 Å². The van der Waals surface area contributed by atoms with Gasteiger partial charge in [0.1, 0.15) is 5.75 Å². The monoisotopic (exact) mass is 204 g/mol. The molecule has 0 heterocycles. The van der Waals surface area contributed by atoms with Crippen molar-refractivity contribution < 1.29 is 21.6 Å². The third-order valence-electron chi connectivity index (χ3n) is 1.55. The zero-order valence-electron chi connectivity index (χ0n) is 6.85. The molecule has 6 heteroatoms. The van der Waals surface area contributed by atoms with Crippen LogP contribution in [0.3, 0.4) is 0 Å². The molecule has 0 bridgehead atoms. The largest absolute Gasteiger partial charge is 0.402 e. The molecule has 12 heavy (non-hydrogen) atoms. The molecular formula is C6H11F3O2S. The zero-order valence-corrected chi connectivity index (χ0v) is 7.67. The van der Waals surface area contributed by atoms with E-state index in [4.69, 9.17) is 0 Å². The normalized spacial score (nSPS) is 16.1. The molecule has 0 spiro atoms. The maximum absolute atomic E-state index is 11.7. The first kappa shape index (κ1) is 11.7. The number of halogens is 3. The van der Waals surface area contributed by atoms with E-state index >= 15 is 0 Å². The van der Waals surface area contributed by atoms with Crippen molar-refractivity contribution in [1.29, 1.82) is 0 Å². The van der Waals surface area contributed by atoms with Gasteiger partial charge in [0.2, 0.25) is 0 Å². The molecule has 0 N–H and O–H groups in total. The smallest absolute Gasteiger partial charge is 0.228 e. The Bertz CT molecular complexity index is 230. The van der Waals surface area contributed by atoms with Gasteiger partial charge in [-0.05, 0) is 13.3 Å². The lowest BCUT2D eigenvalue weighted by Crippen LogP contribution is -2.29. The molecule has 0 aromatic carbocycles. The molecule has 2 nitrogen and oxygen atoms in total. The number of hydrogen-bond donors (Lipinski definition) is 0. The standard InChI is InChI=1S/C6H11F3O2S/c1-3-5(2)12(10,11)4-6(7,8)9/h5H,3-4H2,1-2H3. The summed E-state index contributed by atoms with van der Waals surface area (Å²) in [5.41, 5.74) is 0. The van der Waals surface area contributed by atoms with Gasteiger partial charge in [0.25, 0.3) is 0 Å². The first-order valence-corrected chi connectivity index (χ1v) is 5.19. The van der Waals surface area contributed by atoms with E-state index in [2.05, 4.69) is 0 Å². The van der Waals surface area contributed by atoms with Crippen molar-refractivity contribution in [2.45, 2.75) is 31.7 Å². The Morgan fingerprint density at radius 3 is 2.00 bits per heavy atom. The van der Waals surface area contributed by atoms with Crippen LogP contribution in [0.4, 0.5) is 13.2 Å². The minimum atomic E-state index is -4.62. The predicted octanol–water partition coefficient (Wildman–Crippen LogP) is 1.76. The van der Waals surface area contributed by atoms with E-state index in [1.54, 1.807) is 6.92 Å². The maximum Gasteiger partial charge on any atom is 0.402 e. The van der Waals surface area contributed by atoms with Crippen molar-refractivity contribution in [3.8, 4) is 0 Å². The van der Waals surface area contributed by atoms with Gasteiger partial charge in [-0.1, -0.05) is 6.92 Å². The molecule has 1 atom stereocenters. The van der Waals surface area contributed by atoms with Crippen molar-refractivity contribution in [3.05, 3.63) is 0 Å². The van der Waals surface area contributed by atoms with Crippen molar-refractivity contribution in [2.75, 3.05) is 5.75 Å². The minimum absolute atomic E-state index is 0.207. The molecule has 1 unspecified atom stereocenters. The molecule has 0 aliphatic heterocycles. The minimum Gasteiger partial charge on any atom is -0.228 e. The van der Waals surface area contributed by atoms with Gasteiger partial charge in [0, 0.05) is 0 Å². The zero-order chi connectivity index (χ0) is 9.99. The molecule has 0 aliphatic rings. The fraction of sp³-hybridized carbons (Fsp3) is 1.00. The van der Waals surface area contributed by atoms with Gasteiger partial charge in [0.05, 0.1) is 5.25 Å². The van der Waals surface area contributed by atoms with Crippen LogP contribution in [0.5, 0.6) is 0 Å². The fourth-order valence-electron chi connectivity index (χ4n) is 0.624.